The van der Waals surface area contributed by atoms with Crippen LogP contribution < -0.4 is 15.2 Å². The summed E-state index contributed by atoms with van der Waals surface area (Å²) in [6, 6.07) is 4.31. The highest BCUT2D eigenvalue weighted by atomic mass is 35.5. The quantitative estimate of drug-likeness (QED) is 0.829. The molecule has 17 heavy (non-hydrogen) atoms. The van der Waals surface area contributed by atoms with Gasteiger partial charge in [0.15, 0.2) is 11.5 Å². The molecule has 96 valence electrons. The summed E-state index contributed by atoms with van der Waals surface area (Å²) >= 11 is 0. The third kappa shape index (κ3) is 4.13. The van der Waals surface area contributed by atoms with Gasteiger partial charge >= 0.3 is 5.97 Å². The van der Waals surface area contributed by atoms with E-state index < -0.39 is 12.0 Å². The zero-order valence-corrected chi connectivity index (χ0v) is 10.5. The number of benzene rings is 1. The van der Waals surface area contributed by atoms with E-state index in [1.54, 1.807) is 25.3 Å². The van der Waals surface area contributed by atoms with Gasteiger partial charge in [0.1, 0.15) is 6.04 Å². The van der Waals surface area contributed by atoms with E-state index in [2.05, 4.69) is 0 Å². The van der Waals surface area contributed by atoms with Crippen LogP contribution in [0.3, 0.4) is 0 Å². The lowest BCUT2D eigenvalue weighted by Gasteiger charge is -2.11. The minimum Gasteiger partial charge on any atom is -0.493 e. The summed E-state index contributed by atoms with van der Waals surface area (Å²) in [5, 5.41) is 8.69. The number of carboxylic acids is 1. The maximum atomic E-state index is 10.6. The first-order valence-corrected chi connectivity index (χ1v) is 4.77. The van der Waals surface area contributed by atoms with Gasteiger partial charge in [-0.1, -0.05) is 6.07 Å². The van der Waals surface area contributed by atoms with Crippen LogP contribution in [-0.4, -0.2) is 31.3 Å². The molecule has 0 saturated heterocycles. The van der Waals surface area contributed by atoms with Crippen LogP contribution in [0.25, 0.3) is 0 Å². The molecule has 1 rings (SSSR count). The van der Waals surface area contributed by atoms with E-state index in [4.69, 9.17) is 20.3 Å². The molecule has 1 aromatic carbocycles. The Labute approximate surface area is 106 Å². The number of hydrogen-bond acceptors (Lipinski definition) is 4. The third-order valence-corrected chi connectivity index (χ3v) is 2.22. The van der Waals surface area contributed by atoms with E-state index in [-0.39, 0.29) is 18.8 Å². The highest BCUT2D eigenvalue weighted by Crippen LogP contribution is 2.27. The van der Waals surface area contributed by atoms with Crippen molar-refractivity contribution < 1.29 is 19.4 Å². The second-order valence-electron chi connectivity index (χ2n) is 3.34. The number of nitrogens with two attached hydrogens (primary N) is 1. The molecule has 5 nitrogen and oxygen atoms in total. The van der Waals surface area contributed by atoms with Gasteiger partial charge < -0.3 is 20.3 Å². The number of hydrogen-bond donors (Lipinski definition) is 2. The summed E-state index contributed by atoms with van der Waals surface area (Å²) in [5.41, 5.74) is 6.24. The van der Waals surface area contributed by atoms with Gasteiger partial charge in [-0.3, -0.25) is 4.79 Å². The van der Waals surface area contributed by atoms with E-state index in [9.17, 15) is 4.79 Å². The van der Waals surface area contributed by atoms with Crippen molar-refractivity contribution in [2.24, 2.45) is 5.73 Å². The molecule has 0 amide bonds. The van der Waals surface area contributed by atoms with E-state index in [0.29, 0.717) is 11.5 Å². The second-order valence-corrected chi connectivity index (χ2v) is 3.34. The number of halogens is 1. The van der Waals surface area contributed by atoms with Crippen LogP contribution in [0.2, 0.25) is 0 Å². The van der Waals surface area contributed by atoms with Crippen molar-refractivity contribution in [1.82, 2.24) is 0 Å². The first-order valence-electron chi connectivity index (χ1n) is 4.77. The van der Waals surface area contributed by atoms with E-state index in [1.165, 1.54) is 7.11 Å². The number of aliphatic carboxylic acids is 1. The molecule has 0 unspecified atom stereocenters. The number of methoxy groups -OCH3 is 2. The Morgan fingerprint density at radius 1 is 1.35 bits per heavy atom. The predicted molar refractivity (Wildman–Crippen MR) is 66.1 cm³/mol. The topological polar surface area (TPSA) is 81.8 Å². The van der Waals surface area contributed by atoms with Crippen LogP contribution in [0.4, 0.5) is 0 Å². The normalized spacial score (nSPS) is 11.2. The van der Waals surface area contributed by atoms with Crippen molar-refractivity contribution in [2.45, 2.75) is 12.5 Å². The summed E-state index contributed by atoms with van der Waals surface area (Å²) in [6.07, 6.45) is 0.260. The minimum absolute atomic E-state index is 0. The Balaban J connectivity index is 0.00000256. The predicted octanol–water partition coefficient (Wildman–Crippen LogP) is 1.08. The van der Waals surface area contributed by atoms with Crippen LogP contribution in [0, 0.1) is 0 Å². The van der Waals surface area contributed by atoms with Gasteiger partial charge in [0.25, 0.3) is 0 Å². The molecule has 0 aliphatic heterocycles. The Morgan fingerprint density at radius 2 is 1.94 bits per heavy atom. The van der Waals surface area contributed by atoms with Crippen LogP contribution in [0.1, 0.15) is 5.56 Å². The minimum atomic E-state index is -1.02. The first-order chi connectivity index (χ1) is 7.58. The molecule has 0 radical (unpaired) electrons. The van der Waals surface area contributed by atoms with Crippen molar-refractivity contribution in [1.29, 1.82) is 0 Å². The van der Waals surface area contributed by atoms with E-state index in [1.807, 2.05) is 0 Å². The molecule has 0 aliphatic rings. The maximum absolute atomic E-state index is 10.6. The summed E-state index contributed by atoms with van der Waals surface area (Å²) in [7, 11) is 3.07. The average Bonchev–Trinajstić information content (AvgIpc) is 2.28. The molecule has 0 spiro atoms. The van der Waals surface area contributed by atoms with Gasteiger partial charge in [-0.2, -0.15) is 0 Å². The Kier molecular flexibility index (Phi) is 6.38. The average molecular weight is 262 g/mol. The molecule has 0 saturated carbocycles. The molecule has 0 aromatic heterocycles. The van der Waals surface area contributed by atoms with E-state index in [0.717, 1.165) is 5.56 Å². The standard InChI is InChI=1S/C11H15NO4.ClH/c1-15-9-4-3-7(6-10(9)16-2)5-8(12)11(13)14;/h3-4,6,8H,5,12H2,1-2H3,(H,13,14);1H/t8-;/m0./s1. The van der Waals surface area contributed by atoms with Gasteiger partial charge in [0, 0.05) is 0 Å². The van der Waals surface area contributed by atoms with Crippen molar-refractivity contribution in [2.75, 3.05) is 14.2 Å². The number of rotatable bonds is 5. The Bertz CT molecular complexity index is 384. The lowest BCUT2D eigenvalue weighted by molar-refractivity contribution is -0.138. The fourth-order valence-corrected chi connectivity index (χ4v) is 1.35. The monoisotopic (exact) mass is 261 g/mol. The first kappa shape index (κ1) is 15.5. The maximum Gasteiger partial charge on any atom is 0.320 e. The van der Waals surface area contributed by atoms with Crippen LogP contribution in [0.15, 0.2) is 18.2 Å². The second kappa shape index (κ2) is 6.98. The highest BCUT2D eigenvalue weighted by molar-refractivity contribution is 5.85. The largest absolute Gasteiger partial charge is 0.493 e. The zero-order valence-electron chi connectivity index (χ0n) is 9.67. The smallest absolute Gasteiger partial charge is 0.320 e. The molecule has 1 aromatic rings. The molecule has 0 aliphatic carbocycles. The van der Waals surface area contributed by atoms with Crippen molar-refractivity contribution in [3.8, 4) is 11.5 Å². The molecular weight excluding hydrogens is 246 g/mol. The number of carboxylic acid groups (broad SMARTS) is 1. The van der Waals surface area contributed by atoms with Gasteiger partial charge in [-0.05, 0) is 24.1 Å². The fourth-order valence-electron chi connectivity index (χ4n) is 1.35. The fraction of sp³-hybridized carbons (Fsp3) is 0.364. The van der Waals surface area contributed by atoms with E-state index >= 15 is 0 Å². The van der Waals surface area contributed by atoms with Crippen molar-refractivity contribution in [3.05, 3.63) is 23.8 Å². The molecule has 0 fully saturated rings. The molecule has 0 heterocycles. The zero-order chi connectivity index (χ0) is 12.1. The highest BCUT2D eigenvalue weighted by Gasteiger charge is 2.13. The lowest BCUT2D eigenvalue weighted by atomic mass is 10.1. The molecular formula is C11H16ClNO4. The Morgan fingerprint density at radius 3 is 2.41 bits per heavy atom. The van der Waals surface area contributed by atoms with Crippen LogP contribution >= 0.6 is 12.4 Å². The molecule has 0 bridgehead atoms. The van der Waals surface area contributed by atoms with Gasteiger partial charge in [-0.15, -0.1) is 12.4 Å². The number of ether oxygens (including phenoxy) is 2. The summed E-state index contributed by atoms with van der Waals surface area (Å²) in [4.78, 5) is 10.6. The number of carbonyl (C=O) groups is 1. The van der Waals surface area contributed by atoms with Gasteiger partial charge in [0.05, 0.1) is 14.2 Å². The lowest BCUT2D eigenvalue weighted by Crippen LogP contribution is -2.32. The van der Waals surface area contributed by atoms with Gasteiger partial charge in [-0.25, -0.2) is 0 Å². The molecule has 6 heteroatoms. The Hall–Kier alpha value is -1.46. The summed E-state index contributed by atoms with van der Waals surface area (Å²) < 4.78 is 10.2. The van der Waals surface area contributed by atoms with Crippen LogP contribution in [0.5, 0.6) is 11.5 Å². The van der Waals surface area contributed by atoms with Crippen LogP contribution in [-0.2, 0) is 11.2 Å². The summed E-state index contributed by atoms with van der Waals surface area (Å²) in [6.45, 7) is 0. The third-order valence-electron chi connectivity index (χ3n) is 2.22. The van der Waals surface area contributed by atoms with Crippen molar-refractivity contribution >= 4 is 18.4 Å². The van der Waals surface area contributed by atoms with Gasteiger partial charge in [0.2, 0.25) is 0 Å². The molecule has 3 N–H and O–H groups in total. The summed E-state index contributed by atoms with van der Waals surface area (Å²) in [5.74, 6) is 0.155. The SMILES string of the molecule is COc1ccc(C[C@H](N)C(=O)O)cc1OC.Cl. The van der Waals surface area contributed by atoms with Crippen molar-refractivity contribution in [3.63, 3.8) is 0 Å². The molecule has 1 atom stereocenters.